The average Bonchev–Trinajstić information content (AvgIpc) is 2.69. The van der Waals surface area contributed by atoms with Crippen LogP contribution in [0, 0.1) is 6.92 Å². The Labute approximate surface area is 93.5 Å². The van der Waals surface area contributed by atoms with Gasteiger partial charge < -0.3 is 4.42 Å². The van der Waals surface area contributed by atoms with Gasteiger partial charge in [-0.3, -0.25) is 0 Å². The second-order valence-corrected chi connectivity index (χ2v) is 3.47. The van der Waals surface area contributed by atoms with Crippen LogP contribution in [0.3, 0.4) is 0 Å². The first-order valence-electron chi connectivity index (χ1n) is 5.19. The Morgan fingerprint density at radius 3 is 2.62 bits per heavy atom. The zero-order chi connectivity index (χ0) is 11.4. The van der Waals surface area contributed by atoms with E-state index in [9.17, 15) is 4.79 Å². The van der Waals surface area contributed by atoms with Crippen LogP contribution >= 0.6 is 0 Å². The molecule has 0 aliphatic rings. The van der Waals surface area contributed by atoms with Gasteiger partial charge in [0, 0.05) is 6.42 Å². The minimum atomic E-state index is -0.432. The minimum absolute atomic E-state index is 0.299. The van der Waals surface area contributed by atoms with E-state index in [0.29, 0.717) is 18.9 Å². The van der Waals surface area contributed by atoms with Crippen LogP contribution in [0.25, 0.3) is 0 Å². The highest BCUT2D eigenvalue weighted by Gasteiger charge is 2.07. The molecule has 0 saturated carbocycles. The van der Waals surface area contributed by atoms with Crippen molar-refractivity contribution in [3.8, 4) is 0 Å². The van der Waals surface area contributed by atoms with E-state index in [4.69, 9.17) is 4.42 Å². The highest BCUT2D eigenvalue weighted by molar-refractivity contribution is 5.15. The number of hydrogen-bond acceptors (Lipinski definition) is 3. The molecule has 0 amide bonds. The molecular weight excluding hydrogens is 204 g/mol. The zero-order valence-electron chi connectivity index (χ0n) is 8.93. The third kappa shape index (κ3) is 2.34. The molecule has 1 heterocycles. The van der Waals surface area contributed by atoms with Gasteiger partial charge >= 0.3 is 5.76 Å². The van der Waals surface area contributed by atoms with Crippen LogP contribution in [0.1, 0.15) is 11.5 Å². The van der Waals surface area contributed by atoms with E-state index in [1.165, 1.54) is 10.2 Å². The van der Waals surface area contributed by atoms with E-state index >= 15 is 0 Å². The van der Waals surface area contributed by atoms with Crippen molar-refractivity contribution < 1.29 is 4.42 Å². The number of rotatable bonds is 4. The minimum Gasteiger partial charge on any atom is -0.392 e. The molecule has 0 spiro atoms. The summed E-state index contributed by atoms with van der Waals surface area (Å²) in [5, 5.41) is 4.02. The topological polar surface area (TPSA) is 48.0 Å². The Bertz CT molecular complexity index is 499. The van der Waals surface area contributed by atoms with Crippen LogP contribution in [0.4, 0.5) is 0 Å². The monoisotopic (exact) mass is 217 g/mol. The fourth-order valence-corrected chi connectivity index (χ4v) is 1.49. The molecule has 4 nitrogen and oxygen atoms in total. The van der Waals surface area contributed by atoms with E-state index in [1.807, 2.05) is 30.3 Å². The molecule has 0 N–H and O–H groups in total. The lowest BCUT2D eigenvalue weighted by Crippen LogP contribution is -2.13. The van der Waals surface area contributed by atoms with Gasteiger partial charge in [0.1, 0.15) is 0 Å². The Hall–Kier alpha value is -1.97. The van der Waals surface area contributed by atoms with Crippen molar-refractivity contribution in [3.05, 3.63) is 59.3 Å². The summed E-state index contributed by atoms with van der Waals surface area (Å²) < 4.78 is 6.21. The van der Waals surface area contributed by atoms with Crippen molar-refractivity contribution in [2.45, 2.75) is 19.4 Å². The molecule has 4 heteroatoms. The number of benzene rings is 1. The normalized spacial score (nSPS) is 10.5. The predicted octanol–water partition coefficient (Wildman–Crippen LogP) is 1.46. The van der Waals surface area contributed by atoms with Gasteiger partial charge in [-0.25, -0.2) is 4.79 Å². The van der Waals surface area contributed by atoms with Crippen molar-refractivity contribution in [2.24, 2.45) is 0 Å². The molecular formula is C12H13N2O2+. The Morgan fingerprint density at radius 1 is 1.25 bits per heavy atom. The molecule has 0 aliphatic heterocycles. The maximum Gasteiger partial charge on any atom is 0.440 e. The van der Waals surface area contributed by atoms with Gasteiger partial charge in [0.05, 0.1) is 6.92 Å². The predicted molar refractivity (Wildman–Crippen MR) is 60.0 cm³/mol. The summed E-state index contributed by atoms with van der Waals surface area (Å²) in [5.41, 5.74) is 1.20. The molecule has 82 valence electrons. The van der Waals surface area contributed by atoms with E-state index in [1.54, 1.807) is 0 Å². The first kappa shape index (κ1) is 10.5. The summed E-state index contributed by atoms with van der Waals surface area (Å²) in [7, 11) is 0. The van der Waals surface area contributed by atoms with Gasteiger partial charge in [0.2, 0.25) is 5.89 Å². The molecule has 2 aromatic rings. The van der Waals surface area contributed by atoms with Crippen LogP contribution in [-0.4, -0.2) is 9.78 Å². The number of aryl methyl sites for hydroxylation is 2. The summed E-state index contributed by atoms with van der Waals surface area (Å²) >= 11 is 0. The fourth-order valence-electron chi connectivity index (χ4n) is 1.49. The lowest BCUT2D eigenvalue weighted by molar-refractivity contribution is 0.450. The molecule has 0 unspecified atom stereocenters. The molecule has 0 aliphatic carbocycles. The lowest BCUT2D eigenvalue weighted by atomic mass is 10.1. The maximum atomic E-state index is 11.2. The Morgan fingerprint density at radius 2 is 2.00 bits per heavy atom. The van der Waals surface area contributed by atoms with Crippen molar-refractivity contribution in [1.29, 1.82) is 0 Å². The number of hydrogen-bond donors (Lipinski definition) is 0. The first-order valence-corrected chi connectivity index (χ1v) is 5.19. The van der Waals surface area contributed by atoms with Gasteiger partial charge in [-0.1, -0.05) is 30.3 Å². The van der Waals surface area contributed by atoms with Gasteiger partial charge in [-0.2, -0.15) is 4.68 Å². The highest BCUT2D eigenvalue weighted by atomic mass is 16.4. The lowest BCUT2D eigenvalue weighted by Gasteiger charge is -1.96. The van der Waals surface area contributed by atoms with Gasteiger partial charge in [0.15, 0.2) is 6.54 Å². The second-order valence-electron chi connectivity index (χ2n) is 3.47. The SMILES string of the molecule is [CH2+]Cn1nc(CCc2ccccc2)oc1=O. The summed E-state index contributed by atoms with van der Waals surface area (Å²) in [5.74, 6) is 0.0376. The van der Waals surface area contributed by atoms with Crippen LogP contribution in [0.15, 0.2) is 39.5 Å². The molecule has 0 radical (unpaired) electrons. The molecule has 16 heavy (non-hydrogen) atoms. The number of nitrogens with zero attached hydrogens (tertiary/aromatic N) is 2. The molecule has 2 rings (SSSR count). The van der Waals surface area contributed by atoms with Crippen molar-refractivity contribution in [2.75, 3.05) is 0 Å². The first-order chi connectivity index (χ1) is 7.79. The van der Waals surface area contributed by atoms with Crippen molar-refractivity contribution >= 4 is 0 Å². The third-order valence-electron chi connectivity index (χ3n) is 2.33. The summed E-state index contributed by atoms with van der Waals surface area (Å²) in [4.78, 5) is 11.2. The second kappa shape index (κ2) is 4.70. The summed E-state index contributed by atoms with van der Waals surface area (Å²) in [6.45, 7) is 3.89. The molecule has 1 aromatic heterocycles. The molecule has 0 bridgehead atoms. The molecule has 0 atom stereocenters. The average molecular weight is 217 g/mol. The van der Waals surface area contributed by atoms with Crippen molar-refractivity contribution in [1.82, 2.24) is 9.78 Å². The van der Waals surface area contributed by atoms with E-state index < -0.39 is 5.76 Å². The van der Waals surface area contributed by atoms with Crippen LogP contribution < -0.4 is 5.76 Å². The Kier molecular flexibility index (Phi) is 3.10. The smallest absolute Gasteiger partial charge is 0.392 e. The molecule has 0 fully saturated rings. The molecule has 0 saturated heterocycles. The van der Waals surface area contributed by atoms with Gasteiger partial charge in [-0.15, -0.1) is 5.10 Å². The maximum absolute atomic E-state index is 11.2. The van der Waals surface area contributed by atoms with Crippen LogP contribution in [0.2, 0.25) is 0 Å². The largest absolute Gasteiger partial charge is 0.440 e. The summed E-state index contributed by atoms with van der Waals surface area (Å²) in [6, 6.07) is 10.0. The summed E-state index contributed by atoms with van der Waals surface area (Å²) in [6.07, 6.45) is 1.45. The fraction of sp³-hybridized carbons (Fsp3) is 0.250. The van der Waals surface area contributed by atoms with Crippen LogP contribution in [0.5, 0.6) is 0 Å². The van der Waals surface area contributed by atoms with Crippen molar-refractivity contribution in [3.63, 3.8) is 0 Å². The van der Waals surface area contributed by atoms with Crippen LogP contribution in [-0.2, 0) is 19.4 Å². The van der Waals surface area contributed by atoms with Gasteiger partial charge in [-0.05, 0) is 12.0 Å². The standard InChI is InChI=1S/C12H13N2O2/c1-2-14-12(15)16-11(13-14)9-8-10-6-4-3-5-7-10/h3-7H,1-2,8-9H2/q+1. The van der Waals surface area contributed by atoms with E-state index in [2.05, 4.69) is 12.0 Å². The van der Waals surface area contributed by atoms with E-state index in [0.717, 1.165) is 6.42 Å². The number of aromatic nitrogens is 2. The third-order valence-corrected chi connectivity index (χ3v) is 2.33. The Balaban J connectivity index is 2.02. The van der Waals surface area contributed by atoms with Gasteiger partial charge in [0.25, 0.3) is 0 Å². The van der Waals surface area contributed by atoms with E-state index in [-0.39, 0.29) is 0 Å². The quantitative estimate of drug-likeness (QED) is 0.728. The zero-order valence-corrected chi connectivity index (χ0v) is 8.93. The molecule has 1 aromatic carbocycles. The highest BCUT2D eigenvalue weighted by Crippen LogP contribution is 2.03.